The maximum Gasteiger partial charge on any atom is 0.256 e. The molecule has 2 atom stereocenters. The van der Waals surface area contributed by atoms with Crippen LogP contribution < -0.4 is 5.43 Å². The van der Waals surface area contributed by atoms with Crippen LogP contribution in [0.2, 0.25) is 10.0 Å². The number of sulfone groups is 2. The third-order valence-electron chi connectivity index (χ3n) is 4.53. The molecular formula is C14H18Cl2N2O6S3. The molecule has 0 radical (unpaired) electrons. The Balaban J connectivity index is 1.96. The predicted octanol–water partition coefficient (Wildman–Crippen LogP) is 0.863. The second-order valence-electron chi connectivity index (χ2n) is 6.66. The molecule has 8 nitrogen and oxygen atoms in total. The number of hydrogen-bond acceptors (Lipinski definition) is 7. The topological polar surface area (TPSA) is 118 Å². The molecule has 2 aliphatic heterocycles. The van der Waals surface area contributed by atoms with Crippen molar-refractivity contribution in [2.75, 3.05) is 23.0 Å². The first-order chi connectivity index (χ1) is 12.4. The van der Waals surface area contributed by atoms with E-state index in [9.17, 15) is 25.3 Å². The fourth-order valence-electron chi connectivity index (χ4n) is 3.16. The standard InChI is InChI=1S/C14H18Cl2N2O6S3/c15-13-2-1-12(7-14(13)16)27(23,24)18(11-4-6-26(21,22)9-11)17-10-3-5-25(19,20)8-10/h1-2,7,10-11,17H,3-6,8-9H2/t10-,11+/m0/s1. The van der Waals surface area contributed by atoms with Gasteiger partial charge in [-0.05, 0) is 31.0 Å². The van der Waals surface area contributed by atoms with Crippen LogP contribution in [0.1, 0.15) is 12.8 Å². The van der Waals surface area contributed by atoms with Gasteiger partial charge >= 0.3 is 0 Å². The second kappa shape index (κ2) is 7.43. The summed E-state index contributed by atoms with van der Waals surface area (Å²) >= 11 is 11.8. The van der Waals surface area contributed by atoms with Crippen molar-refractivity contribution < 1.29 is 25.3 Å². The Kier molecular flexibility index (Phi) is 5.86. The van der Waals surface area contributed by atoms with E-state index in [1.807, 2.05) is 0 Å². The quantitative estimate of drug-likeness (QED) is 0.625. The molecule has 0 spiro atoms. The lowest BCUT2D eigenvalue weighted by Gasteiger charge is -2.30. The SMILES string of the molecule is O=S1(=O)CC[C@H](NN([C@@H]2CCS(=O)(=O)C2)S(=O)(=O)c2ccc(Cl)c(Cl)c2)C1. The van der Waals surface area contributed by atoms with Crippen LogP contribution in [0.4, 0.5) is 0 Å². The van der Waals surface area contributed by atoms with Crippen molar-refractivity contribution in [3.05, 3.63) is 28.2 Å². The largest absolute Gasteiger partial charge is 0.256 e. The maximum atomic E-state index is 13.2. The van der Waals surface area contributed by atoms with Crippen molar-refractivity contribution in [2.45, 2.75) is 29.8 Å². The van der Waals surface area contributed by atoms with Crippen LogP contribution in [0.3, 0.4) is 0 Å². The minimum atomic E-state index is -4.18. The van der Waals surface area contributed by atoms with Crippen LogP contribution >= 0.6 is 23.2 Å². The molecule has 0 amide bonds. The highest BCUT2D eigenvalue weighted by atomic mass is 35.5. The van der Waals surface area contributed by atoms with Crippen molar-refractivity contribution in [3.8, 4) is 0 Å². The Morgan fingerprint density at radius 3 is 2.11 bits per heavy atom. The molecule has 1 aromatic rings. The number of nitrogens with one attached hydrogen (secondary N) is 1. The van der Waals surface area contributed by atoms with Gasteiger partial charge in [0, 0.05) is 6.04 Å². The maximum absolute atomic E-state index is 13.2. The molecule has 2 saturated heterocycles. The molecule has 2 fully saturated rings. The van der Waals surface area contributed by atoms with Gasteiger partial charge in [-0.3, -0.25) is 0 Å². The van der Waals surface area contributed by atoms with Gasteiger partial charge in [-0.15, -0.1) is 4.41 Å². The normalized spacial score (nSPS) is 27.2. The molecule has 0 aromatic heterocycles. The first-order valence-electron chi connectivity index (χ1n) is 8.06. The zero-order chi connectivity index (χ0) is 20.0. The minimum absolute atomic E-state index is 0.0418. The van der Waals surface area contributed by atoms with Gasteiger partial charge in [-0.1, -0.05) is 23.2 Å². The number of benzene rings is 1. The van der Waals surface area contributed by atoms with Crippen LogP contribution in [0.5, 0.6) is 0 Å². The van der Waals surface area contributed by atoms with Crippen LogP contribution in [-0.4, -0.2) is 64.8 Å². The number of halogens is 2. The first-order valence-corrected chi connectivity index (χ1v) is 13.9. The summed E-state index contributed by atoms with van der Waals surface area (Å²) in [6.45, 7) is 0. The van der Waals surface area contributed by atoms with E-state index >= 15 is 0 Å². The summed E-state index contributed by atoms with van der Waals surface area (Å²) < 4.78 is 74.4. The van der Waals surface area contributed by atoms with Gasteiger partial charge in [0.05, 0.1) is 44.0 Å². The lowest BCUT2D eigenvalue weighted by Crippen LogP contribution is -2.54. The Morgan fingerprint density at radius 2 is 1.59 bits per heavy atom. The molecule has 0 unspecified atom stereocenters. The van der Waals surface area contributed by atoms with Gasteiger partial charge in [0.1, 0.15) is 0 Å². The summed E-state index contributed by atoms with van der Waals surface area (Å²) in [5, 5.41) is 0.223. The molecule has 1 aromatic carbocycles. The Labute approximate surface area is 168 Å². The fourth-order valence-corrected chi connectivity index (χ4v) is 8.57. The van der Waals surface area contributed by atoms with Crippen LogP contribution in [0.15, 0.2) is 23.1 Å². The first kappa shape index (κ1) is 21.3. The number of nitrogens with zero attached hydrogens (tertiary/aromatic N) is 1. The Morgan fingerprint density at radius 1 is 0.963 bits per heavy atom. The molecule has 0 saturated carbocycles. The molecule has 1 N–H and O–H groups in total. The molecule has 0 aliphatic carbocycles. The lowest BCUT2D eigenvalue weighted by molar-refractivity contribution is 0.229. The summed E-state index contributed by atoms with van der Waals surface area (Å²) in [6, 6.07) is 2.34. The molecule has 3 rings (SSSR count). The average molecular weight is 477 g/mol. The van der Waals surface area contributed by atoms with Gasteiger partial charge in [-0.2, -0.15) is 0 Å². The zero-order valence-electron chi connectivity index (χ0n) is 14.0. The van der Waals surface area contributed by atoms with Crippen molar-refractivity contribution in [2.24, 2.45) is 0 Å². The minimum Gasteiger partial charge on any atom is -0.237 e. The third-order valence-corrected chi connectivity index (χ3v) is 10.6. The van der Waals surface area contributed by atoms with Crippen molar-refractivity contribution in [1.29, 1.82) is 0 Å². The summed E-state index contributed by atoms with van der Waals surface area (Å²) in [5.41, 5.74) is 2.75. The molecule has 0 bridgehead atoms. The smallest absolute Gasteiger partial charge is 0.237 e. The van der Waals surface area contributed by atoms with E-state index in [0.29, 0.717) is 0 Å². The van der Waals surface area contributed by atoms with Gasteiger partial charge in [0.15, 0.2) is 19.7 Å². The Bertz CT molecular complexity index is 1060. The Hall–Kier alpha value is -0.430. The third kappa shape index (κ3) is 4.77. The summed E-state index contributed by atoms with van der Waals surface area (Å²) in [4.78, 5) is -0.158. The molecule has 2 heterocycles. The summed E-state index contributed by atoms with van der Waals surface area (Å²) in [6.07, 6.45) is 0.366. The number of rotatable bonds is 5. The predicted molar refractivity (Wildman–Crippen MR) is 103 cm³/mol. The highest BCUT2D eigenvalue weighted by molar-refractivity contribution is 7.92. The van der Waals surface area contributed by atoms with E-state index in [1.165, 1.54) is 18.2 Å². The zero-order valence-corrected chi connectivity index (χ0v) is 18.0. The van der Waals surface area contributed by atoms with Gasteiger partial charge < -0.3 is 0 Å². The average Bonchev–Trinajstić information content (AvgIpc) is 3.08. The number of sulfonamides is 1. The van der Waals surface area contributed by atoms with Gasteiger partial charge in [-0.25, -0.2) is 30.7 Å². The molecule has 27 heavy (non-hydrogen) atoms. The van der Waals surface area contributed by atoms with E-state index < -0.39 is 41.8 Å². The molecular weight excluding hydrogens is 459 g/mol. The highest BCUT2D eigenvalue weighted by Gasteiger charge is 2.41. The van der Waals surface area contributed by atoms with Crippen LogP contribution in [0.25, 0.3) is 0 Å². The van der Waals surface area contributed by atoms with Gasteiger partial charge in [0.25, 0.3) is 10.0 Å². The monoisotopic (exact) mass is 476 g/mol. The number of hydrazine groups is 1. The van der Waals surface area contributed by atoms with Gasteiger partial charge in [0.2, 0.25) is 0 Å². The summed E-state index contributed by atoms with van der Waals surface area (Å²) in [7, 11) is -10.8. The van der Waals surface area contributed by atoms with Crippen LogP contribution in [-0.2, 0) is 29.7 Å². The van der Waals surface area contributed by atoms with E-state index in [-0.39, 0.29) is 50.8 Å². The van der Waals surface area contributed by atoms with E-state index in [4.69, 9.17) is 23.2 Å². The fraction of sp³-hybridized carbons (Fsp3) is 0.571. The number of hydrogen-bond donors (Lipinski definition) is 1. The molecule has 13 heteroatoms. The van der Waals surface area contributed by atoms with E-state index in [2.05, 4.69) is 5.43 Å². The van der Waals surface area contributed by atoms with Crippen LogP contribution in [0, 0.1) is 0 Å². The molecule has 2 aliphatic rings. The van der Waals surface area contributed by atoms with Crippen molar-refractivity contribution in [1.82, 2.24) is 9.84 Å². The lowest BCUT2D eigenvalue weighted by atomic mass is 10.2. The highest BCUT2D eigenvalue weighted by Crippen LogP contribution is 2.29. The summed E-state index contributed by atoms with van der Waals surface area (Å²) in [5.74, 6) is -0.718. The van der Waals surface area contributed by atoms with Crippen molar-refractivity contribution in [3.63, 3.8) is 0 Å². The van der Waals surface area contributed by atoms with E-state index in [1.54, 1.807) is 0 Å². The molecule has 152 valence electrons. The van der Waals surface area contributed by atoms with Crippen molar-refractivity contribution >= 4 is 52.9 Å². The van der Waals surface area contributed by atoms with E-state index in [0.717, 1.165) is 4.41 Å². The second-order valence-corrected chi connectivity index (χ2v) is 13.7.